The molecule has 0 bridgehead atoms. The molecule has 1 rings (SSSR count). The van der Waals surface area contributed by atoms with Crippen molar-refractivity contribution in [2.24, 2.45) is 0 Å². The number of hydrogen-bond donors (Lipinski definition) is 0. The molecule has 0 saturated carbocycles. The van der Waals surface area contributed by atoms with E-state index in [1.54, 1.807) is 12.1 Å². The molecule has 1 radical (unpaired) electrons. The fourth-order valence-corrected chi connectivity index (χ4v) is 1.37. The average molecular weight is 208 g/mol. The first-order valence-corrected chi connectivity index (χ1v) is 5.05. The van der Waals surface area contributed by atoms with Gasteiger partial charge in [0.15, 0.2) is 0 Å². The Bertz CT molecular complexity index is 321. The number of non-ortho nitro benzene ring substituents is 1. The molecule has 4 heteroatoms. The van der Waals surface area contributed by atoms with Crippen molar-refractivity contribution in [1.29, 1.82) is 0 Å². The van der Waals surface area contributed by atoms with Gasteiger partial charge in [0.2, 0.25) is 0 Å². The summed E-state index contributed by atoms with van der Waals surface area (Å²) in [4.78, 5) is 9.92. The third-order valence-corrected chi connectivity index (χ3v) is 2.30. The van der Waals surface area contributed by atoms with Crippen LogP contribution < -0.4 is 0 Å². The Balaban J connectivity index is 2.66. The number of unbranched alkanes of at least 4 members (excludes halogenated alkanes) is 1. The molecule has 0 amide bonds. The second kappa shape index (κ2) is 5.46. The van der Waals surface area contributed by atoms with Gasteiger partial charge in [-0.3, -0.25) is 10.1 Å². The molecule has 15 heavy (non-hydrogen) atoms. The molecule has 0 aliphatic rings. The summed E-state index contributed by atoms with van der Waals surface area (Å²) in [6, 6.07) is 5.86. The molecule has 1 aromatic carbocycles. The van der Waals surface area contributed by atoms with E-state index in [-0.39, 0.29) is 5.69 Å². The standard InChI is InChI=1S/C11H14NO3/c1-2-3-4-11(13)9-5-7-10(8-6-9)12(14)15/h5-8,11H,2-4H2,1H3. The van der Waals surface area contributed by atoms with Gasteiger partial charge in [0.1, 0.15) is 6.10 Å². The summed E-state index contributed by atoms with van der Waals surface area (Å²) in [6.07, 6.45) is 1.72. The molecule has 0 spiro atoms. The highest BCUT2D eigenvalue weighted by Gasteiger charge is 2.10. The zero-order valence-corrected chi connectivity index (χ0v) is 8.68. The van der Waals surface area contributed by atoms with Crippen LogP contribution in [0.25, 0.3) is 0 Å². The third-order valence-electron chi connectivity index (χ3n) is 2.30. The lowest BCUT2D eigenvalue weighted by Gasteiger charge is -2.06. The quantitative estimate of drug-likeness (QED) is 0.550. The van der Waals surface area contributed by atoms with Crippen LogP contribution in [-0.4, -0.2) is 4.92 Å². The van der Waals surface area contributed by atoms with Gasteiger partial charge in [0.05, 0.1) is 4.92 Å². The van der Waals surface area contributed by atoms with E-state index in [0.29, 0.717) is 12.0 Å². The summed E-state index contributed by atoms with van der Waals surface area (Å²) in [7, 11) is 0. The Morgan fingerprint density at radius 1 is 1.33 bits per heavy atom. The zero-order valence-electron chi connectivity index (χ0n) is 8.68. The maximum atomic E-state index is 11.6. The van der Waals surface area contributed by atoms with Crippen molar-refractivity contribution in [2.75, 3.05) is 0 Å². The monoisotopic (exact) mass is 208 g/mol. The molecule has 0 fully saturated rings. The van der Waals surface area contributed by atoms with Gasteiger partial charge in [-0.2, -0.15) is 0 Å². The van der Waals surface area contributed by atoms with Gasteiger partial charge in [0.25, 0.3) is 5.69 Å². The minimum atomic E-state index is -0.759. The fraction of sp³-hybridized carbons (Fsp3) is 0.455. The smallest absolute Gasteiger partial charge is 0.258 e. The first kappa shape index (κ1) is 11.7. The number of nitrogens with zero attached hydrogens (tertiary/aromatic N) is 1. The maximum absolute atomic E-state index is 11.6. The molecule has 1 unspecified atom stereocenters. The SMILES string of the molecule is CCCCC([O])c1ccc([N+](=O)[O-])cc1. The number of nitro benzene ring substituents is 1. The molecule has 0 N–H and O–H groups in total. The highest BCUT2D eigenvalue weighted by molar-refractivity contribution is 5.33. The van der Waals surface area contributed by atoms with E-state index in [1.807, 2.05) is 6.92 Å². The van der Waals surface area contributed by atoms with Crippen LogP contribution in [0.2, 0.25) is 0 Å². The van der Waals surface area contributed by atoms with Crippen molar-refractivity contribution < 1.29 is 10.0 Å². The predicted molar refractivity (Wildman–Crippen MR) is 56.0 cm³/mol. The van der Waals surface area contributed by atoms with Crippen LogP contribution in [0.1, 0.15) is 37.9 Å². The van der Waals surface area contributed by atoms with Crippen molar-refractivity contribution >= 4 is 5.69 Å². The van der Waals surface area contributed by atoms with Crippen molar-refractivity contribution in [3.05, 3.63) is 39.9 Å². The Morgan fingerprint density at radius 3 is 2.40 bits per heavy atom. The van der Waals surface area contributed by atoms with E-state index in [2.05, 4.69) is 0 Å². The van der Waals surface area contributed by atoms with E-state index in [4.69, 9.17) is 0 Å². The summed E-state index contributed by atoms with van der Waals surface area (Å²) in [5, 5.41) is 22.0. The molecule has 0 saturated heterocycles. The van der Waals surface area contributed by atoms with E-state index in [1.165, 1.54) is 12.1 Å². The molecule has 0 aliphatic carbocycles. The minimum absolute atomic E-state index is 0.0291. The maximum Gasteiger partial charge on any atom is 0.269 e. The van der Waals surface area contributed by atoms with Crippen LogP contribution in [-0.2, 0) is 5.11 Å². The van der Waals surface area contributed by atoms with Crippen molar-refractivity contribution in [1.82, 2.24) is 0 Å². The lowest BCUT2D eigenvalue weighted by atomic mass is 10.0. The van der Waals surface area contributed by atoms with E-state index < -0.39 is 11.0 Å². The van der Waals surface area contributed by atoms with Gasteiger partial charge in [0, 0.05) is 12.1 Å². The molecule has 0 aromatic heterocycles. The predicted octanol–water partition coefficient (Wildman–Crippen LogP) is 3.26. The molecule has 0 heterocycles. The Kier molecular flexibility index (Phi) is 4.24. The first-order chi connectivity index (χ1) is 7.15. The normalized spacial score (nSPS) is 12.4. The van der Waals surface area contributed by atoms with Crippen molar-refractivity contribution in [3.8, 4) is 0 Å². The van der Waals surface area contributed by atoms with Gasteiger partial charge >= 0.3 is 0 Å². The molecular weight excluding hydrogens is 194 g/mol. The molecule has 0 aliphatic heterocycles. The van der Waals surface area contributed by atoms with Crippen LogP contribution in [0, 0.1) is 10.1 Å². The van der Waals surface area contributed by atoms with Gasteiger partial charge < -0.3 is 0 Å². The Hall–Kier alpha value is -1.42. The van der Waals surface area contributed by atoms with Gasteiger partial charge in [-0.05, 0) is 24.1 Å². The molecule has 1 aromatic rings. The van der Waals surface area contributed by atoms with Gasteiger partial charge in [-0.1, -0.05) is 19.8 Å². The van der Waals surface area contributed by atoms with Crippen LogP contribution >= 0.6 is 0 Å². The summed E-state index contributed by atoms with van der Waals surface area (Å²) in [5.74, 6) is 0. The number of benzene rings is 1. The highest BCUT2D eigenvalue weighted by Crippen LogP contribution is 2.22. The lowest BCUT2D eigenvalue weighted by molar-refractivity contribution is -0.384. The summed E-state index contributed by atoms with van der Waals surface area (Å²) < 4.78 is 0. The molecule has 1 atom stereocenters. The van der Waals surface area contributed by atoms with Crippen LogP contribution in [0.15, 0.2) is 24.3 Å². The van der Waals surface area contributed by atoms with Gasteiger partial charge in [-0.15, -0.1) is 0 Å². The van der Waals surface area contributed by atoms with Crippen molar-refractivity contribution in [3.63, 3.8) is 0 Å². The molecule has 4 nitrogen and oxygen atoms in total. The third kappa shape index (κ3) is 3.32. The summed E-state index contributed by atoms with van der Waals surface area (Å²) in [6.45, 7) is 2.03. The van der Waals surface area contributed by atoms with Gasteiger partial charge in [-0.25, -0.2) is 5.11 Å². The number of hydrogen-bond acceptors (Lipinski definition) is 2. The van der Waals surface area contributed by atoms with Crippen LogP contribution in [0.5, 0.6) is 0 Å². The minimum Gasteiger partial charge on any atom is -0.258 e. The Morgan fingerprint density at radius 2 is 1.93 bits per heavy atom. The highest BCUT2D eigenvalue weighted by atomic mass is 16.6. The van der Waals surface area contributed by atoms with E-state index >= 15 is 0 Å². The lowest BCUT2D eigenvalue weighted by Crippen LogP contribution is -1.96. The first-order valence-electron chi connectivity index (χ1n) is 5.05. The second-order valence-electron chi connectivity index (χ2n) is 3.48. The number of nitro groups is 1. The van der Waals surface area contributed by atoms with Crippen LogP contribution in [0.3, 0.4) is 0 Å². The second-order valence-corrected chi connectivity index (χ2v) is 3.48. The van der Waals surface area contributed by atoms with E-state index in [9.17, 15) is 15.2 Å². The largest absolute Gasteiger partial charge is 0.269 e. The molecule has 81 valence electrons. The number of rotatable bonds is 5. The summed E-state index contributed by atoms with van der Waals surface area (Å²) in [5.41, 5.74) is 0.662. The Labute approximate surface area is 88.7 Å². The fourth-order valence-electron chi connectivity index (χ4n) is 1.37. The van der Waals surface area contributed by atoms with Crippen molar-refractivity contribution in [2.45, 2.75) is 32.3 Å². The average Bonchev–Trinajstić information content (AvgIpc) is 2.26. The summed E-state index contributed by atoms with van der Waals surface area (Å²) >= 11 is 0. The molecular formula is C11H14NO3. The zero-order chi connectivity index (χ0) is 11.3. The topological polar surface area (TPSA) is 63.0 Å². The van der Waals surface area contributed by atoms with E-state index in [0.717, 1.165) is 12.8 Å². The van der Waals surface area contributed by atoms with Crippen LogP contribution in [0.4, 0.5) is 5.69 Å².